The van der Waals surface area contributed by atoms with Crippen molar-refractivity contribution in [1.29, 1.82) is 0 Å². The molecular formula is C12H16BrNO2S. The average Bonchev–Trinajstić information content (AvgIpc) is 2.62. The van der Waals surface area contributed by atoms with Gasteiger partial charge in [-0.05, 0) is 40.9 Å². The van der Waals surface area contributed by atoms with Crippen molar-refractivity contribution in [1.82, 2.24) is 4.90 Å². The van der Waals surface area contributed by atoms with Gasteiger partial charge < -0.3 is 5.11 Å². The van der Waals surface area contributed by atoms with Gasteiger partial charge in [-0.15, -0.1) is 11.3 Å². The first-order valence-electron chi connectivity index (χ1n) is 5.84. The lowest BCUT2D eigenvalue weighted by Gasteiger charge is -2.36. The first-order chi connectivity index (χ1) is 8.20. The number of hydrogen-bond donors (Lipinski definition) is 1. The van der Waals surface area contributed by atoms with E-state index in [-0.39, 0.29) is 12.4 Å². The number of Topliss-reactive ketones (excluding diaryl/α,β-unsaturated/α-hetero) is 1. The molecule has 0 unspecified atom stereocenters. The van der Waals surface area contributed by atoms with E-state index in [2.05, 4.69) is 20.8 Å². The summed E-state index contributed by atoms with van der Waals surface area (Å²) in [5.41, 5.74) is 0. The zero-order chi connectivity index (χ0) is 12.3. The summed E-state index contributed by atoms with van der Waals surface area (Å²) in [5, 5.41) is 9.03. The summed E-state index contributed by atoms with van der Waals surface area (Å²) in [6.45, 7) is 1.15. The van der Waals surface area contributed by atoms with Gasteiger partial charge in [0.25, 0.3) is 0 Å². The molecule has 0 bridgehead atoms. The predicted molar refractivity (Wildman–Crippen MR) is 72.6 cm³/mol. The normalized spacial score (nSPS) is 16.2. The zero-order valence-electron chi connectivity index (χ0n) is 9.56. The van der Waals surface area contributed by atoms with E-state index >= 15 is 0 Å². The van der Waals surface area contributed by atoms with E-state index in [4.69, 9.17) is 5.11 Å². The quantitative estimate of drug-likeness (QED) is 0.820. The molecule has 17 heavy (non-hydrogen) atoms. The number of thiophene rings is 1. The largest absolute Gasteiger partial charge is 0.395 e. The number of nitrogens with zero attached hydrogens (tertiary/aromatic N) is 1. The third-order valence-electron chi connectivity index (χ3n) is 3.17. The molecule has 0 amide bonds. The second kappa shape index (κ2) is 6.09. The Morgan fingerprint density at radius 3 is 2.76 bits per heavy atom. The summed E-state index contributed by atoms with van der Waals surface area (Å²) in [4.78, 5) is 15.0. The molecule has 1 aromatic heterocycles. The highest BCUT2D eigenvalue weighted by atomic mass is 79.9. The minimum atomic E-state index is 0.123. The molecule has 0 atom stereocenters. The van der Waals surface area contributed by atoms with Crippen molar-refractivity contribution in [2.24, 2.45) is 0 Å². The summed E-state index contributed by atoms with van der Waals surface area (Å²) >= 11 is 4.84. The fourth-order valence-corrected chi connectivity index (χ4v) is 3.31. The Bertz CT molecular complexity index is 390. The Morgan fingerprint density at radius 2 is 2.29 bits per heavy atom. The summed E-state index contributed by atoms with van der Waals surface area (Å²) in [6, 6.07) is 4.25. The van der Waals surface area contributed by atoms with Gasteiger partial charge in [-0.3, -0.25) is 9.69 Å². The summed E-state index contributed by atoms with van der Waals surface area (Å²) in [6.07, 6.45) is 3.55. The molecule has 0 saturated heterocycles. The molecule has 1 saturated carbocycles. The molecule has 94 valence electrons. The van der Waals surface area contributed by atoms with Crippen molar-refractivity contribution < 1.29 is 9.90 Å². The molecule has 2 rings (SSSR count). The minimum absolute atomic E-state index is 0.123. The van der Waals surface area contributed by atoms with Gasteiger partial charge >= 0.3 is 0 Å². The fourth-order valence-electron chi connectivity index (χ4n) is 2.00. The average molecular weight is 318 g/mol. The number of aliphatic hydroxyl groups is 1. The highest BCUT2D eigenvalue weighted by Crippen LogP contribution is 2.26. The number of halogens is 1. The molecule has 1 N–H and O–H groups in total. The third-order valence-corrected chi connectivity index (χ3v) is 4.84. The number of rotatable bonds is 6. The van der Waals surface area contributed by atoms with Gasteiger partial charge in [0.15, 0.2) is 5.78 Å². The predicted octanol–water partition coefficient (Wildman–Crippen LogP) is 2.54. The molecule has 1 aromatic rings. The van der Waals surface area contributed by atoms with Crippen LogP contribution in [0.1, 0.15) is 28.9 Å². The van der Waals surface area contributed by atoms with E-state index in [1.807, 2.05) is 12.1 Å². The van der Waals surface area contributed by atoms with E-state index in [1.165, 1.54) is 17.8 Å². The minimum Gasteiger partial charge on any atom is -0.395 e. The number of hydrogen-bond acceptors (Lipinski definition) is 4. The van der Waals surface area contributed by atoms with Gasteiger partial charge in [0.05, 0.1) is 21.8 Å². The van der Waals surface area contributed by atoms with E-state index in [9.17, 15) is 4.79 Å². The molecule has 1 aliphatic rings. The highest BCUT2D eigenvalue weighted by Gasteiger charge is 2.26. The van der Waals surface area contributed by atoms with Crippen molar-refractivity contribution in [3.8, 4) is 0 Å². The lowest BCUT2D eigenvalue weighted by atomic mass is 9.91. The third kappa shape index (κ3) is 3.37. The van der Waals surface area contributed by atoms with E-state index in [0.717, 1.165) is 21.5 Å². The Morgan fingerprint density at radius 1 is 1.53 bits per heavy atom. The Balaban J connectivity index is 1.94. The van der Waals surface area contributed by atoms with Crippen LogP contribution in [0, 0.1) is 0 Å². The van der Waals surface area contributed by atoms with Crippen LogP contribution in [0.5, 0.6) is 0 Å². The summed E-state index contributed by atoms with van der Waals surface area (Å²) < 4.78 is 0.984. The molecule has 1 fully saturated rings. The first-order valence-corrected chi connectivity index (χ1v) is 7.45. The highest BCUT2D eigenvalue weighted by molar-refractivity contribution is 9.11. The van der Waals surface area contributed by atoms with Crippen LogP contribution < -0.4 is 0 Å². The topological polar surface area (TPSA) is 40.5 Å². The van der Waals surface area contributed by atoms with Crippen LogP contribution in [-0.2, 0) is 0 Å². The SMILES string of the molecule is O=C(CN(CCO)C1CCC1)c1ccc(Br)s1. The molecule has 0 radical (unpaired) electrons. The molecule has 0 spiro atoms. The van der Waals surface area contributed by atoms with Gasteiger partial charge in [0, 0.05) is 12.6 Å². The summed E-state index contributed by atoms with van der Waals surface area (Å²) in [5.74, 6) is 0.154. The van der Waals surface area contributed by atoms with Crippen molar-refractivity contribution in [3.63, 3.8) is 0 Å². The summed E-state index contributed by atoms with van der Waals surface area (Å²) in [7, 11) is 0. The monoisotopic (exact) mass is 317 g/mol. The van der Waals surface area contributed by atoms with Crippen molar-refractivity contribution in [2.45, 2.75) is 25.3 Å². The van der Waals surface area contributed by atoms with E-state index < -0.39 is 0 Å². The van der Waals surface area contributed by atoms with Crippen LogP contribution in [0.4, 0.5) is 0 Å². The van der Waals surface area contributed by atoms with Gasteiger partial charge in [0.2, 0.25) is 0 Å². The standard InChI is InChI=1S/C12H16BrNO2S/c13-12-5-4-11(17-12)10(16)8-14(6-7-15)9-2-1-3-9/h4-5,9,15H,1-3,6-8H2. The van der Waals surface area contributed by atoms with E-state index in [1.54, 1.807) is 0 Å². The molecule has 1 aliphatic carbocycles. The maximum Gasteiger partial charge on any atom is 0.186 e. The number of ketones is 1. The van der Waals surface area contributed by atoms with Crippen LogP contribution in [0.15, 0.2) is 15.9 Å². The Kier molecular flexibility index (Phi) is 4.73. The maximum absolute atomic E-state index is 12.1. The van der Waals surface area contributed by atoms with Crippen molar-refractivity contribution >= 4 is 33.0 Å². The zero-order valence-corrected chi connectivity index (χ0v) is 12.0. The molecule has 3 nitrogen and oxygen atoms in total. The van der Waals surface area contributed by atoms with Gasteiger partial charge in [-0.1, -0.05) is 6.42 Å². The Labute approximate surface area is 114 Å². The lowest BCUT2D eigenvalue weighted by Crippen LogP contribution is -2.44. The fraction of sp³-hybridized carbons (Fsp3) is 0.583. The van der Waals surface area contributed by atoms with Crippen LogP contribution >= 0.6 is 27.3 Å². The van der Waals surface area contributed by atoms with Crippen LogP contribution in [0.2, 0.25) is 0 Å². The van der Waals surface area contributed by atoms with Crippen LogP contribution in [0.3, 0.4) is 0 Å². The molecule has 0 aromatic carbocycles. The van der Waals surface area contributed by atoms with Gasteiger partial charge in [-0.25, -0.2) is 0 Å². The van der Waals surface area contributed by atoms with Crippen molar-refractivity contribution in [2.75, 3.05) is 19.7 Å². The van der Waals surface area contributed by atoms with E-state index in [0.29, 0.717) is 19.1 Å². The first kappa shape index (κ1) is 13.2. The van der Waals surface area contributed by atoms with Gasteiger partial charge in [0.1, 0.15) is 0 Å². The lowest BCUT2D eigenvalue weighted by molar-refractivity contribution is 0.0750. The molecule has 5 heteroatoms. The molecular weight excluding hydrogens is 302 g/mol. The Hall–Kier alpha value is -0.230. The van der Waals surface area contributed by atoms with Gasteiger partial charge in [-0.2, -0.15) is 0 Å². The number of aliphatic hydroxyl groups excluding tert-OH is 1. The second-order valence-electron chi connectivity index (χ2n) is 4.31. The van der Waals surface area contributed by atoms with Crippen LogP contribution in [-0.4, -0.2) is 41.5 Å². The second-order valence-corrected chi connectivity index (χ2v) is 6.77. The number of carbonyl (C=O) groups is 1. The molecule has 1 heterocycles. The number of carbonyl (C=O) groups excluding carboxylic acids is 1. The van der Waals surface area contributed by atoms with Crippen LogP contribution in [0.25, 0.3) is 0 Å². The van der Waals surface area contributed by atoms with Crippen molar-refractivity contribution in [3.05, 3.63) is 20.8 Å². The smallest absolute Gasteiger partial charge is 0.186 e. The maximum atomic E-state index is 12.1. The molecule has 0 aliphatic heterocycles.